The van der Waals surface area contributed by atoms with Gasteiger partial charge in [-0.2, -0.15) is 0 Å². The second-order valence-electron chi connectivity index (χ2n) is 5.84. The third kappa shape index (κ3) is 4.31. The molecular formula is C21H20ClNO2. The summed E-state index contributed by atoms with van der Waals surface area (Å²) in [5.74, 6) is 0.608. The van der Waals surface area contributed by atoms with Gasteiger partial charge in [0, 0.05) is 17.0 Å². The summed E-state index contributed by atoms with van der Waals surface area (Å²) in [6, 6.07) is 21.3. The van der Waals surface area contributed by atoms with Gasteiger partial charge < -0.3 is 10.1 Å². The molecule has 1 N–H and O–H groups in total. The van der Waals surface area contributed by atoms with E-state index in [1.54, 1.807) is 0 Å². The summed E-state index contributed by atoms with van der Waals surface area (Å²) in [5.41, 5.74) is 0.998. The van der Waals surface area contributed by atoms with Crippen molar-refractivity contribution in [1.82, 2.24) is 5.32 Å². The SMILES string of the molecule is CC[C@@H](Oc1cccc2ccccc12)C(=O)NCc1ccc(Cl)cc1. The molecule has 0 spiro atoms. The van der Waals surface area contributed by atoms with Crippen LogP contribution >= 0.6 is 11.6 Å². The largest absolute Gasteiger partial charge is 0.480 e. The summed E-state index contributed by atoms with van der Waals surface area (Å²) >= 11 is 5.88. The Morgan fingerprint density at radius 2 is 1.76 bits per heavy atom. The standard InChI is InChI=1S/C21H20ClNO2/c1-2-19(21(24)23-14-15-10-12-17(22)13-11-15)25-20-9-5-7-16-6-3-4-8-18(16)20/h3-13,19H,2,14H2,1H3,(H,23,24)/t19-/m1/s1. The van der Waals surface area contributed by atoms with Crippen molar-refractivity contribution in [3.8, 4) is 5.75 Å². The molecule has 0 aliphatic heterocycles. The van der Waals surface area contributed by atoms with Gasteiger partial charge >= 0.3 is 0 Å². The lowest BCUT2D eigenvalue weighted by molar-refractivity contribution is -0.128. The Labute approximate surface area is 152 Å². The van der Waals surface area contributed by atoms with E-state index in [1.807, 2.05) is 73.7 Å². The Bertz CT molecular complexity index is 856. The zero-order chi connectivity index (χ0) is 17.6. The number of halogens is 1. The van der Waals surface area contributed by atoms with Crippen LogP contribution in [0.3, 0.4) is 0 Å². The molecule has 0 radical (unpaired) electrons. The highest BCUT2D eigenvalue weighted by Gasteiger charge is 2.19. The summed E-state index contributed by atoms with van der Waals surface area (Å²) in [6.07, 6.45) is 0.0634. The molecule has 1 amide bonds. The topological polar surface area (TPSA) is 38.3 Å². The van der Waals surface area contributed by atoms with Crippen LogP contribution in [-0.4, -0.2) is 12.0 Å². The molecule has 0 aliphatic rings. The van der Waals surface area contributed by atoms with Crippen molar-refractivity contribution >= 4 is 28.3 Å². The number of amides is 1. The summed E-state index contributed by atoms with van der Waals surface area (Å²) in [5, 5.41) is 5.71. The molecule has 128 valence electrons. The van der Waals surface area contributed by atoms with E-state index < -0.39 is 6.10 Å². The first-order valence-electron chi connectivity index (χ1n) is 8.34. The van der Waals surface area contributed by atoms with Gasteiger partial charge in [-0.05, 0) is 35.6 Å². The minimum Gasteiger partial charge on any atom is -0.480 e. The maximum Gasteiger partial charge on any atom is 0.261 e. The molecule has 0 fully saturated rings. The van der Waals surface area contributed by atoms with E-state index in [9.17, 15) is 4.79 Å². The third-order valence-electron chi connectivity index (χ3n) is 4.06. The van der Waals surface area contributed by atoms with E-state index in [2.05, 4.69) is 5.32 Å². The van der Waals surface area contributed by atoms with Gasteiger partial charge in [-0.3, -0.25) is 4.79 Å². The van der Waals surface area contributed by atoms with Crippen LogP contribution in [0.4, 0.5) is 0 Å². The zero-order valence-corrected chi connectivity index (χ0v) is 14.8. The zero-order valence-electron chi connectivity index (χ0n) is 14.0. The number of carbonyl (C=O) groups excluding carboxylic acids is 1. The first-order chi connectivity index (χ1) is 12.2. The van der Waals surface area contributed by atoms with Gasteiger partial charge in [-0.15, -0.1) is 0 Å². The summed E-state index contributed by atoms with van der Waals surface area (Å²) in [7, 11) is 0. The molecule has 25 heavy (non-hydrogen) atoms. The fourth-order valence-corrected chi connectivity index (χ4v) is 2.81. The molecule has 0 unspecified atom stereocenters. The first kappa shape index (κ1) is 17.3. The number of carbonyl (C=O) groups is 1. The van der Waals surface area contributed by atoms with Crippen molar-refractivity contribution in [2.75, 3.05) is 0 Å². The molecule has 4 heteroatoms. The van der Waals surface area contributed by atoms with Crippen molar-refractivity contribution in [1.29, 1.82) is 0 Å². The van der Waals surface area contributed by atoms with Crippen molar-refractivity contribution < 1.29 is 9.53 Å². The molecule has 3 aromatic rings. The van der Waals surface area contributed by atoms with Gasteiger partial charge in [-0.1, -0.05) is 67.1 Å². The predicted molar refractivity (Wildman–Crippen MR) is 102 cm³/mol. The number of hydrogen-bond acceptors (Lipinski definition) is 2. The van der Waals surface area contributed by atoms with Crippen molar-refractivity contribution in [3.63, 3.8) is 0 Å². The monoisotopic (exact) mass is 353 g/mol. The minimum absolute atomic E-state index is 0.120. The van der Waals surface area contributed by atoms with E-state index in [1.165, 1.54) is 0 Å². The normalized spacial score (nSPS) is 11.9. The lowest BCUT2D eigenvalue weighted by Gasteiger charge is -2.18. The number of nitrogens with one attached hydrogen (secondary N) is 1. The summed E-state index contributed by atoms with van der Waals surface area (Å²) in [6.45, 7) is 2.39. The Hall–Kier alpha value is -2.52. The fourth-order valence-electron chi connectivity index (χ4n) is 2.68. The maximum atomic E-state index is 12.5. The highest BCUT2D eigenvalue weighted by molar-refractivity contribution is 6.30. The Kier molecular flexibility index (Phi) is 5.56. The maximum absolute atomic E-state index is 12.5. The highest BCUT2D eigenvalue weighted by atomic mass is 35.5. The molecule has 0 heterocycles. The van der Waals surface area contributed by atoms with Crippen LogP contribution in [0.15, 0.2) is 66.7 Å². The Morgan fingerprint density at radius 3 is 2.52 bits per heavy atom. The van der Waals surface area contributed by atoms with Crippen LogP contribution < -0.4 is 10.1 Å². The number of hydrogen-bond donors (Lipinski definition) is 1. The van der Waals surface area contributed by atoms with Crippen molar-refractivity contribution in [3.05, 3.63) is 77.3 Å². The second-order valence-corrected chi connectivity index (χ2v) is 6.27. The molecule has 3 aromatic carbocycles. The van der Waals surface area contributed by atoms with Crippen LogP contribution in [-0.2, 0) is 11.3 Å². The van der Waals surface area contributed by atoms with Gasteiger partial charge in [0.15, 0.2) is 6.10 Å². The number of fused-ring (bicyclic) bond motifs is 1. The molecule has 0 saturated carbocycles. The number of rotatable bonds is 6. The molecule has 3 rings (SSSR count). The lowest BCUT2D eigenvalue weighted by Crippen LogP contribution is -2.37. The van der Waals surface area contributed by atoms with Crippen LogP contribution in [0.1, 0.15) is 18.9 Å². The third-order valence-corrected chi connectivity index (χ3v) is 4.31. The summed E-state index contributed by atoms with van der Waals surface area (Å²) in [4.78, 5) is 12.5. The van der Waals surface area contributed by atoms with Gasteiger partial charge in [-0.25, -0.2) is 0 Å². The van der Waals surface area contributed by atoms with E-state index in [-0.39, 0.29) is 5.91 Å². The van der Waals surface area contributed by atoms with Crippen molar-refractivity contribution in [2.45, 2.75) is 26.0 Å². The summed E-state index contributed by atoms with van der Waals surface area (Å²) < 4.78 is 6.01. The Balaban J connectivity index is 1.68. The van der Waals surface area contributed by atoms with Gasteiger partial charge in [0.1, 0.15) is 5.75 Å². The molecule has 0 bridgehead atoms. The molecule has 0 aliphatic carbocycles. The van der Waals surface area contributed by atoms with Crippen molar-refractivity contribution in [2.24, 2.45) is 0 Å². The molecule has 3 nitrogen and oxygen atoms in total. The van der Waals surface area contributed by atoms with Crippen LogP contribution in [0.2, 0.25) is 5.02 Å². The molecule has 1 atom stereocenters. The number of benzene rings is 3. The average Bonchev–Trinajstić information content (AvgIpc) is 2.65. The van der Waals surface area contributed by atoms with E-state index in [4.69, 9.17) is 16.3 Å². The molecule has 0 saturated heterocycles. The molecular weight excluding hydrogens is 334 g/mol. The smallest absolute Gasteiger partial charge is 0.261 e. The Morgan fingerprint density at radius 1 is 1.04 bits per heavy atom. The lowest BCUT2D eigenvalue weighted by atomic mass is 10.1. The average molecular weight is 354 g/mol. The predicted octanol–water partition coefficient (Wildman–Crippen LogP) is 4.97. The number of ether oxygens (including phenoxy) is 1. The molecule has 0 aromatic heterocycles. The van der Waals surface area contributed by atoms with E-state index >= 15 is 0 Å². The van der Waals surface area contributed by atoms with Gasteiger partial charge in [0.05, 0.1) is 0 Å². The highest BCUT2D eigenvalue weighted by Crippen LogP contribution is 2.26. The fraction of sp³-hybridized carbons (Fsp3) is 0.190. The minimum atomic E-state index is -0.530. The van der Waals surface area contributed by atoms with Gasteiger partial charge in [0.2, 0.25) is 0 Å². The quantitative estimate of drug-likeness (QED) is 0.679. The van der Waals surface area contributed by atoms with Crippen LogP contribution in [0.5, 0.6) is 5.75 Å². The van der Waals surface area contributed by atoms with Gasteiger partial charge in [0.25, 0.3) is 5.91 Å². The first-order valence-corrected chi connectivity index (χ1v) is 8.71. The van der Waals surface area contributed by atoms with Crippen LogP contribution in [0.25, 0.3) is 10.8 Å². The van der Waals surface area contributed by atoms with E-state index in [0.29, 0.717) is 18.0 Å². The van der Waals surface area contributed by atoms with E-state index in [0.717, 1.165) is 22.1 Å². The second kappa shape index (κ2) is 8.04. The van der Waals surface area contributed by atoms with Crippen LogP contribution in [0, 0.1) is 0 Å².